The first-order chi connectivity index (χ1) is 18.0. The quantitative estimate of drug-likeness (QED) is 0.224. The van der Waals surface area contributed by atoms with Crippen LogP contribution in [0.4, 0.5) is 19.0 Å². The van der Waals surface area contributed by atoms with Crippen molar-refractivity contribution < 1.29 is 18.0 Å². The number of alkyl halides is 3. The first-order valence-corrected chi connectivity index (χ1v) is 13.5. The smallest absolute Gasteiger partial charge is 0.331 e. The standard InChI is InChI=1S/C25H24ClF3IN7O/c1-4-34-13-18(25(27,28)29)32-23(34)16-7-5-15(6-8-16)12-35-19(38)9-10-36-24(35)20(30)21(33-36)22-17(26)11-31-37(22)14(2)3/h5-8,11,13-14H,4,9-10,12H2,1-3H3. The van der Waals surface area contributed by atoms with Gasteiger partial charge in [0.25, 0.3) is 0 Å². The first kappa shape index (κ1) is 26.7. The Labute approximate surface area is 235 Å². The first-order valence-electron chi connectivity index (χ1n) is 12.0. The molecule has 0 saturated carbocycles. The van der Waals surface area contributed by atoms with E-state index in [-0.39, 0.29) is 24.3 Å². The normalized spacial score (nSPS) is 14.0. The third-order valence-corrected chi connectivity index (χ3v) is 7.66. The van der Waals surface area contributed by atoms with Crippen molar-refractivity contribution in [1.82, 2.24) is 29.1 Å². The summed E-state index contributed by atoms with van der Waals surface area (Å²) in [5.41, 5.74) is 1.84. The van der Waals surface area contributed by atoms with E-state index in [0.717, 1.165) is 15.3 Å². The summed E-state index contributed by atoms with van der Waals surface area (Å²) in [4.78, 5) is 18.5. The topological polar surface area (TPSA) is 73.8 Å². The molecule has 5 rings (SSSR count). The van der Waals surface area contributed by atoms with E-state index in [4.69, 9.17) is 16.7 Å². The van der Waals surface area contributed by atoms with Crippen molar-refractivity contribution in [2.75, 3.05) is 4.90 Å². The lowest BCUT2D eigenvalue weighted by Gasteiger charge is -2.28. The Morgan fingerprint density at radius 3 is 2.53 bits per heavy atom. The van der Waals surface area contributed by atoms with Crippen molar-refractivity contribution in [2.24, 2.45) is 0 Å². The molecule has 8 nitrogen and oxygen atoms in total. The van der Waals surface area contributed by atoms with Gasteiger partial charge < -0.3 is 4.57 Å². The zero-order valence-electron chi connectivity index (χ0n) is 20.8. The second-order valence-corrected chi connectivity index (χ2v) is 10.7. The van der Waals surface area contributed by atoms with Gasteiger partial charge in [0.15, 0.2) is 5.69 Å². The lowest BCUT2D eigenvalue weighted by molar-refractivity contribution is -0.140. The number of amides is 1. The number of hydrogen-bond acceptors (Lipinski definition) is 4. The van der Waals surface area contributed by atoms with E-state index < -0.39 is 11.9 Å². The summed E-state index contributed by atoms with van der Waals surface area (Å²) in [6.07, 6.45) is -1.60. The predicted octanol–water partition coefficient (Wildman–Crippen LogP) is 6.42. The van der Waals surface area contributed by atoms with E-state index in [9.17, 15) is 18.0 Å². The molecule has 0 atom stereocenters. The summed E-state index contributed by atoms with van der Waals surface area (Å²) in [5, 5.41) is 9.65. The van der Waals surface area contributed by atoms with Crippen molar-refractivity contribution in [1.29, 1.82) is 0 Å². The largest absolute Gasteiger partial charge is 0.434 e. The Hall–Kier alpha value is -2.87. The van der Waals surface area contributed by atoms with Gasteiger partial charge in [0.05, 0.1) is 27.9 Å². The number of aromatic nitrogens is 6. The average Bonchev–Trinajstić information content (AvgIpc) is 3.56. The van der Waals surface area contributed by atoms with Crippen molar-refractivity contribution in [3.8, 4) is 22.8 Å². The predicted molar refractivity (Wildman–Crippen MR) is 146 cm³/mol. The zero-order valence-corrected chi connectivity index (χ0v) is 23.7. The van der Waals surface area contributed by atoms with E-state index >= 15 is 0 Å². The highest BCUT2D eigenvalue weighted by molar-refractivity contribution is 14.1. The van der Waals surface area contributed by atoms with Gasteiger partial charge in [0.2, 0.25) is 5.91 Å². The van der Waals surface area contributed by atoms with Gasteiger partial charge in [-0.05, 0) is 48.9 Å². The lowest BCUT2D eigenvalue weighted by atomic mass is 10.1. The molecular weight excluding hydrogens is 634 g/mol. The van der Waals surface area contributed by atoms with Crippen LogP contribution in [0.1, 0.15) is 44.5 Å². The molecule has 1 aliphatic rings. The molecule has 4 aromatic rings. The van der Waals surface area contributed by atoms with Gasteiger partial charge in [0, 0.05) is 30.8 Å². The van der Waals surface area contributed by atoms with Crippen molar-refractivity contribution in [3.63, 3.8) is 0 Å². The number of rotatable bonds is 6. The number of imidazole rings is 1. The van der Waals surface area contributed by atoms with Crippen LogP contribution in [0.5, 0.6) is 0 Å². The Balaban J connectivity index is 1.46. The maximum atomic E-state index is 13.2. The molecule has 4 heterocycles. The summed E-state index contributed by atoms with van der Waals surface area (Å²) < 4.78 is 45.5. The van der Waals surface area contributed by atoms with E-state index in [1.54, 1.807) is 42.3 Å². The van der Waals surface area contributed by atoms with Gasteiger partial charge in [-0.15, -0.1) is 0 Å². The average molecular weight is 658 g/mol. The molecule has 0 aliphatic carbocycles. The number of carbonyl (C=O) groups excluding carboxylic acids is 1. The third kappa shape index (κ3) is 4.72. The summed E-state index contributed by atoms with van der Waals surface area (Å²) in [6, 6.07) is 7.13. The second-order valence-electron chi connectivity index (χ2n) is 9.25. The van der Waals surface area contributed by atoms with Crippen LogP contribution in [-0.4, -0.2) is 35.0 Å². The molecule has 1 aromatic carbocycles. The van der Waals surface area contributed by atoms with Crippen LogP contribution >= 0.6 is 34.2 Å². The fraction of sp³-hybridized carbons (Fsp3) is 0.360. The molecule has 0 unspecified atom stereocenters. The SMILES string of the molecule is CCn1cc(C(F)(F)F)nc1-c1ccc(CN2C(=O)CCn3nc(-c4c(Cl)cnn4C(C)C)c(I)c32)cc1. The highest BCUT2D eigenvalue weighted by Gasteiger charge is 2.35. The maximum Gasteiger partial charge on any atom is 0.434 e. The molecule has 0 N–H and O–H groups in total. The van der Waals surface area contributed by atoms with E-state index in [0.29, 0.717) is 47.3 Å². The Morgan fingerprint density at radius 2 is 1.89 bits per heavy atom. The van der Waals surface area contributed by atoms with Gasteiger partial charge >= 0.3 is 6.18 Å². The molecular formula is C25H24ClF3IN7O. The van der Waals surface area contributed by atoms with E-state index in [1.165, 1.54) is 4.57 Å². The van der Waals surface area contributed by atoms with E-state index in [2.05, 4.69) is 32.7 Å². The van der Waals surface area contributed by atoms with E-state index in [1.807, 2.05) is 23.2 Å². The lowest BCUT2D eigenvalue weighted by Crippen LogP contribution is -2.37. The molecule has 38 heavy (non-hydrogen) atoms. The minimum atomic E-state index is -4.51. The van der Waals surface area contributed by atoms with Crippen LogP contribution in [-0.2, 0) is 30.6 Å². The molecule has 0 saturated heterocycles. The fourth-order valence-electron chi connectivity index (χ4n) is 4.53. The number of anilines is 1. The molecule has 0 bridgehead atoms. The summed E-state index contributed by atoms with van der Waals surface area (Å²) in [7, 11) is 0. The summed E-state index contributed by atoms with van der Waals surface area (Å²) in [5.74, 6) is 0.895. The molecule has 0 spiro atoms. The van der Waals surface area contributed by atoms with Crippen LogP contribution in [0, 0.1) is 3.57 Å². The number of halogens is 5. The van der Waals surface area contributed by atoms with Crippen molar-refractivity contribution >= 4 is 45.9 Å². The zero-order chi connectivity index (χ0) is 27.4. The summed E-state index contributed by atoms with van der Waals surface area (Å²) in [6.45, 7) is 6.87. The number of aryl methyl sites for hydroxylation is 2. The molecule has 3 aromatic heterocycles. The van der Waals surface area contributed by atoms with Gasteiger partial charge in [-0.1, -0.05) is 35.9 Å². The minimum Gasteiger partial charge on any atom is -0.331 e. The highest BCUT2D eigenvalue weighted by atomic mass is 127. The molecule has 0 radical (unpaired) electrons. The summed E-state index contributed by atoms with van der Waals surface area (Å²) >= 11 is 8.68. The second kappa shape index (κ2) is 10.0. The van der Waals surface area contributed by atoms with Crippen LogP contribution in [0.2, 0.25) is 5.02 Å². The van der Waals surface area contributed by atoms with Crippen LogP contribution in [0.3, 0.4) is 0 Å². The molecule has 1 aliphatic heterocycles. The number of fused-ring (bicyclic) bond motifs is 1. The van der Waals surface area contributed by atoms with Crippen molar-refractivity contribution in [2.45, 2.75) is 59.0 Å². The maximum absolute atomic E-state index is 13.2. The highest BCUT2D eigenvalue weighted by Crippen LogP contribution is 2.39. The molecule has 200 valence electrons. The number of nitrogens with zero attached hydrogens (tertiary/aromatic N) is 7. The van der Waals surface area contributed by atoms with Crippen LogP contribution in [0.25, 0.3) is 22.8 Å². The number of hydrogen-bond donors (Lipinski definition) is 0. The minimum absolute atomic E-state index is 0.0363. The van der Waals surface area contributed by atoms with Gasteiger partial charge in [-0.2, -0.15) is 23.4 Å². The van der Waals surface area contributed by atoms with Gasteiger partial charge in [-0.3, -0.25) is 14.4 Å². The number of carbonyl (C=O) groups is 1. The molecule has 1 amide bonds. The fourth-order valence-corrected chi connectivity index (χ4v) is 5.69. The molecule has 0 fully saturated rings. The Bertz CT molecular complexity index is 1500. The van der Waals surface area contributed by atoms with Crippen molar-refractivity contribution in [3.05, 3.63) is 56.5 Å². The van der Waals surface area contributed by atoms with Crippen LogP contribution in [0.15, 0.2) is 36.7 Å². The van der Waals surface area contributed by atoms with Gasteiger partial charge in [0.1, 0.15) is 23.0 Å². The Kier molecular flexibility index (Phi) is 7.05. The Morgan fingerprint density at radius 1 is 1.18 bits per heavy atom. The van der Waals surface area contributed by atoms with Crippen LogP contribution < -0.4 is 4.90 Å². The molecule has 13 heteroatoms. The monoisotopic (exact) mass is 657 g/mol. The third-order valence-electron chi connectivity index (χ3n) is 6.39. The number of benzene rings is 1. The van der Waals surface area contributed by atoms with Gasteiger partial charge in [-0.25, -0.2) is 9.67 Å².